The molecular formula is C64H106O6. The number of carbonyl (C=O) groups is 3. The van der Waals surface area contributed by atoms with E-state index in [0.29, 0.717) is 19.3 Å². The van der Waals surface area contributed by atoms with Gasteiger partial charge in [0.2, 0.25) is 0 Å². The van der Waals surface area contributed by atoms with E-state index in [1.165, 1.54) is 83.5 Å². The number of allylic oxidation sites excluding steroid dienone is 18. The molecule has 0 fully saturated rings. The van der Waals surface area contributed by atoms with Gasteiger partial charge in [0.05, 0.1) is 0 Å². The Balaban J connectivity index is 4.16. The van der Waals surface area contributed by atoms with Crippen LogP contribution in [0.1, 0.15) is 258 Å². The van der Waals surface area contributed by atoms with Gasteiger partial charge in [0.25, 0.3) is 0 Å². The van der Waals surface area contributed by atoms with Gasteiger partial charge in [-0.3, -0.25) is 14.4 Å². The number of hydrogen-bond acceptors (Lipinski definition) is 6. The molecule has 0 heterocycles. The first-order valence-corrected chi connectivity index (χ1v) is 28.9. The summed E-state index contributed by atoms with van der Waals surface area (Å²) in [6, 6.07) is 0. The largest absolute Gasteiger partial charge is 0.462 e. The van der Waals surface area contributed by atoms with Gasteiger partial charge >= 0.3 is 17.9 Å². The Morgan fingerprint density at radius 3 is 0.886 bits per heavy atom. The monoisotopic (exact) mass is 971 g/mol. The van der Waals surface area contributed by atoms with Crippen molar-refractivity contribution in [1.82, 2.24) is 0 Å². The van der Waals surface area contributed by atoms with Gasteiger partial charge in [0, 0.05) is 19.3 Å². The topological polar surface area (TPSA) is 78.9 Å². The first-order chi connectivity index (χ1) is 34.5. The molecular weight excluding hydrogens is 865 g/mol. The normalized spacial score (nSPS) is 12.9. The lowest BCUT2D eigenvalue weighted by Crippen LogP contribution is -2.30. The molecule has 0 amide bonds. The van der Waals surface area contributed by atoms with Gasteiger partial charge in [0.1, 0.15) is 13.2 Å². The fraction of sp³-hybridized carbons (Fsp3) is 0.672. The predicted molar refractivity (Wildman–Crippen MR) is 302 cm³/mol. The van der Waals surface area contributed by atoms with E-state index in [4.69, 9.17) is 14.2 Å². The van der Waals surface area contributed by atoms with E-state index in [1.807, 2.05) is 0 Å². The van der Waals surface area contributed by atoms with Crippen molar-refractivity contribution in [2.24, 2.45) is 0 Å². The lowest BCUT2D eigenvalue weighted by atomic mass is 10.1. The minimum Gasteiger partial charge on any atom is -0.462 e. The van der Waals surface area contributed by atoms with Crippen LogP contribution in [0, 0.1) is 0 Å². The van der Waals surface area contributed by atoms with E-state index in [-0.39, 0.29) is 31.1 Å². The highest BCUT2D eigenvalue weighted by molar-refractivity contribution is 5.71. The Hall–Kier alpha value is -3.93. The summed E-state index contributed by atoms with van der Waals surface area (Å²) in [6.07, 6.45) is 78.3. The number of carbonyl (C=O) groups excluding carboxylic acids is 3. The summed E-state index contributed by atoms with van der Waals surface area (Å²) >= 11 is 0. The van der Waals surface area contributed by atoms with Crippen LogP contribution in [0.2, 0.25) is 0 Å². The fourth-order valence-corrected chi connectivity index (χ4v) is 7.69. The lowest BCUT2D eigenvalue weighted by molar-refractivity contribution is -0.167. The van der Waals surface area contributed by atoms with Crippen LogP contribution in [0.3, 0.4) is 0 Å². The molecule has 0 aromatic rings. The van der Waals surface area contributed by atoms with Gasteiger partial charge in [0.15, 0.2) is 6.10 Å². The molecule has 6 heteroatoms. The summed E-state index contributed by atoms with van der Waals surface area (Å²) in [5.41, 5.74) is 0. The molecule has 0 bridgehead atoms. The number of unbranched alkanes of at least 4 members (excludes halogenated alkanes) is 22. The van der Waals surface area contributed by atoms with Gasteiger partial charge in [-0.1, -0.05) is 239 Å². The van der Waals surface area contributed by atoms with Gasteiger partial charge < -0.3 is 14.2 Å². The molecule has 0 N–H and O–H groups in total. The third-order valence-corrected chi connectivity index (χ3v) is 12.0. The summed E-state index contributed by atoms with van der Waals surface area (Å²) in [5.74, 6) is -0.921. The maximum atomic E-state index is 12.8. The van der Waals surface area contributed by atoms with Crippen LogP contribution >= 0.6 is 0 Å². The standard InChI is InChI=1S/C64H106O6/c1-4-7-10-13-16-18-20-22-24-25-26-27-28-29-30-31-32-33-34-35-36-37-38-39-41-42-44-46-48-51-54-57-63(66)69-60-61(59-68-62(65)56-53-50-15-12-9-6-3)70-64(67)58-55-52-49-47-45-43-40-23-21-19-17-14-11-8-5-2/h7,10,16,18,22-24,26-27,29-30,32-33,35-36,38-40,61H,4-6,8-9,11-15,17,19-21,25,28,31,34,37,41-60H2,1-3H3/b10-7-,18-16-,24-22-,27-26-,30-29-,33-32-,36-35-,39-38-,40-23-. The second kappa shape index (κ2) is 57.6. The Kier molecular flexibility index (Phi) is 54.4. The highest BCUT2D eigenvalue weighted by Gasteiger charge is 2.19. The van der Waals surface area contributed by atoms with Crippen LogP contribution in [0.25, 0.3) is 0 Å². The zero-order valence-electron chi connectivity index (χ0n) is 45.5. The predicted octanol–water partition coefficient (Wildman–Crippen LogP) is 19.5. The van der Waals surface area contributed by atoms with Crippen molar-refractivity contribution in [3.8, 4) is 0 Å². The van der Waals surface area contributed by atoms with Gasteiger partial charge in [-0.25, -0.2) is 0 Å². The van der Waals surface area contributed by atoms with E-state index in [1.54, 1.807) is 0 Å². The zero-order chi connectivity index (χ0) is 50.7. The Labute approximate surface area is 431 Å². The van der Waals surface area contributed by atoms with E-state index in [2.05, 4.69) is 130 Å². The van der Waals surface area contributed by atoms with Crippen molar-refractivity contribution in [1.29, 1.82) is 0 Å². The quantitative estimate of drug-likeness (QED) is 0.0262. The summed E-state index contributed by atoms with van der Waals surface area (Å²) in [6.45, 7) is 6.44. The second-order valence-electron chi connectivity index (χ2n) is 18.8. The van der Waals surface area contributed by atoms with E-state index in [0.717, 1.165) is 135 Å². The molecule has 0 aliphatic rings. The smallest absolute Gasteiger partial charge is 0.306 e. The molecule has 70 heavy (non-hydrogen) atoms. The van der Waals surface area contributed by atoms with Crippen molar-refractivity contribution >= 4 is 17.9 Å². The summed E-state index contributed by atoms with van der Waals surface area (Å²) in [7, 11) is 0. The second-order valence-corrected chi connectivity index (χ2v) is 18.8. The molecule has 0 saturated heterocycles. The zero-order valence-corrected chi connectivity index (χ0v) is 45.5. The van der Waals surface area contributed by atoms with E-state index < -0.39 is 6.10 Å². The Bertz CT molecular complexity index is 1440. The summed E-state index contributed by atoms with van der Waals surface area (Å²) < 4.78 is 16.7. The molecule has 0 rings (SSSR count). The molecule has 0 aliphatic heterocycles. The molecule has 0 aromatic carbocycles. The average molecular weight is 972 g/mol. The third kappa shape index (κ3) is 55.0. The summed E-state index contributed by atoms with van der Waals surface area (Å²) in [4.78, 5) is 37.8. The molecule has 0 aromatic heterocycles. The number of ether oxygens (including phenoxy) is 3. The van der Waals surface area contributed by atoms with Crippen molar-refractivity contribution < 1.29 is 28.6 Å². The SMILES string of the molecule is CC/C=C\C/C=C\C/C=C\C/C=C\C/C=C\C/C=C\C/C=C\C/C=C\CCCCCCCCC(=O)OCC(COC(=O)CCCCCCCC)OC(=O)CCCCCCC/C=C\CCCCCCCC. The molecule has 398 valence electrons. The van der Waals surface area contributed by atoms with Gasteiger partial charge in [-0.05, 0) is 109 Å². The fourth-order valence-electron chi connectivity index (χ4n) is 7.69. The van der Waals surface area contributed by atoms with Crippen LogP contribution in [0.5, 0.6) is 0 Å². The van der Waals surface area contributed by atoms with E-state index in [9.17, 15) is 14.4 Å². The van der Waals surface area contributed by atoms with Crippen LogP contribution in [0.15, 0.2) is 109 Å². The van der Waals surface area contributed by atoms with Crippen LogP contribution in [-0.2, 0) is 28.6 Å². The maximum absolute atomic E-state index is 12.8. The van der Waals surface area contributed by atoms with Crippen molar-refractivity contribution in [3.05, 3.63) is 109 Å². The minimum absolute atomic E-state index is 0.0863. The first-order valence-electron chi connectivity index (χ1n) is 28.9. The number of esters is 3. The van der Waals surface area contributed by atoms with Crippen molar-refractivity contribution in [3.63, 3.8) is 0 Å². The number of hydrogen-bond donors (Lipinski definition) is 0. The molecule has 0 saturated carbocycles. The Morgan fingerprint density at radius 2 is 0.557 bits per heavy atom. The average Bonchev–Trinajstić information content (AvgIpc) is 3.36. The lowest BCUT2D eigenvalue weighted by Gasteiger charge is -2.18. The van der Waals surface area contributed by atoms with Crippen LogP contribution in [0.4, 0.5) is 0 Å². The summed E-state index contributed by atoms with van der Waals surface area (Å²) in [5, 5.41) is 0. The molecule has 1 atom stereocenters. The first kappa shape index (κ1) is 66.1. The molecule has 1 unspecified atom stereocenters. The third-order valence-electron chi connectivity index (χ3n) is 12.0. The maximum Gasteiger partial charge on any atom is 0.306 e. The van der Waals surface area contributed by atoms with Crippen molar-refractivity contribution in [2.75, 3.05) is 13.2 Å². The van der Waals surface area contributed by atoms with Crippen molar-refractivity contribution in [2.45, 2.75) is 264 Å². The van der Waals surface area contributed by atoms with Crippen LogP contribution in [-0.4, -0.2) is 37.2 Å². The van der Waals surface area contributed by atoms with Gasteiger partial charge in [-0.2, -0.15) is 0 Å². The Morgan fingerprint density at radius 1 is 0.300 bits per heavy atom. The highest BCUT2D eigenvalue weighted by atomic mass is 16.6. The van der Waals surface area contributed by atoms with E-state index >= 15 is 0 Å². The number of rotatable bonds is 51. The molecule has 0 spiro atoms. The van der Waals surface area contributed by atoms with Crippen LogP contribution < -0.4 is 0 Å². The highest BCUT2D eigenvalue weighted by Crippen LogP contribution is 2.14. The minimum atomic E-state index is -0.786. The molecule has 0 radical (unpaired) electrons. The molecule has 0 aliphatic carbocycles. The molecule has 6 nitrogen and oxygen atoms in total. The van der Waals surface area contributed by atoms with Gasteiger partial charge in [-0.15, -0.1) is 0 Å².